The second-order valence-corrected chi connectivity index (χ2v) is 5.37. The molecule has 0 aliphatic rings. The predicted molar refractivity (Wildman–Crippen MR) is 82.3 cm³/mol. The Hall–Kier alpha value is -1.92. The van der Waals surface area contributed by atoms with Gasteiger partial charge in [-0.2, -0.15) is 0 Å². The van der Waals surface area contributed by atoms with Gasteiger partial charge >= 0.3 is 0 Å². The molecular formula is C13H13N3OS2. The van der Waals surface area contributed by atoms with Crippen molar-refractivity contribution in [3.05, 3.63) is 52.2 Å². The van der Waals surface area contributed by atoms with Crippen LogP contribution in [0, 0.1) is 6.92 Å². The minimum atomic E-state index is -0.207. The van der Waals surface area contributed by atoms with E-state index in [0.29, 0.717) is 10.7 Å². The first-order valence-electron chi connectivity index (χ1n) is 5.62. The van der Waals surface area contributed by atoms with Gasteiger partial charge in [-0.3, -0.25) is 15.6 Å². The van der Waals surface area contributed by atoms with Gasteiger partial charge in [0.2, 0.25) is 0 Å². The first kappa shape index (κ1) is 13.5. The summed E-state index contributed by atoms with van der Waals surface area (Å²) in [5.41, 5.74) is 6.69. The molecular weight excluding hydrogens is 278 g/mol. The fourth-order valence-electron chi connectivity index (χ4n) is 1.43. The van der Waals surface area contributed by atoms with Crippen molar-refractivity contribution in [2.45, 2.75) is 6.92 Å². The normalized spacial score (nSPS) is 9.74. The molecule has 1 aromatic heterocycles. The van der Waals surface area contributed by atoms with Crippen molar-refractivity contribution in [1.29, 1.82) is 0 Å². The van der Waals surface area contributed by atoms with E-state index in [1.165, 1.54) is 11.3 Å². The number of rotatable bonds is 2. The number of amides is 1. The molecule has 0 aliphatic heterocycles. The van der Waals surface area contributed by atoms with Crippen molar-refractivity contribution in [1.82, 2.24) is 10.9 Å². The van der Waals surface area contributed by atoms with Gasteiger partial charge < -0.3 is 5.32 Å². The van der Waals surface area contributed by atoms with Crippen LogP contribution in [0.2, 0.25) is 0 Å². The summed E-state index contributed by atoms with van der Waals surface area (Å²) in [6.45, 7) is 1.95. The molecule has 2 aromatic rings. The highest BCUT2D eigenvalue weighted by Crippen LogP contribution is 2.12. The summed E-state index contributed by atoms with van der Waals surface area (Å²) in [7, 11) is 0. The molecule has 1 heterocycles. The number of nitrogens with one attached hydrogen (secondary N) is 3. The number of hydrazine groups is 1. The lowest BCUT2D eigenvalue weighted by Gasteiger charge is -2.10. The summed E-state index contributed by atoms with van der Waals surface area (Å²) < 4.78 is 0. The fraction of sp³-hybridized carbons (Fsp3) is 0.0769. The van der Waals surface area contributed by atoms with Gasteiger partial charge in [-0.1, -0.05) is 18.2 Å². The van der Waals surface area contributed by atoms with E-state index in [-0.39, 0.29) is 5.91 Å². The van der Waals surface area contributed by atoms with Crippen molar-refractivity contribution < 1.29 is 4.79 Å². The van der Waals surface area contributed by atoms with Crippen LogP contribution in [0.3, 0.4) is 0 Å². The first-order chi connectivity index (χ1) is 9.15. The Kier molecular flexibility index (Phi) is 4.48. The third-order valence-corrected chi connectivity index (χ3v) is 3.38. The zero-order chi connectivity index (χ0) is 13.7. The van der Waals surface area contributed by atoms with E-state index < -0.39 is 0 Å². The fourth-order valence-corrected chi connectivity index (χ4v) is 2.28. The maximum absolute atomic E-state index is 11.8. The number of para-hydroxylation sites is 1. The molecule has 0 saturated carbocycles. The van der Waals surface area contributed by atoms with Crippen LogP contribution < -0.4 is 16.2 Å². The monoisotopic (exact) mass is 291 g/mol. The summed E-state index contributed by atoms with van der Waals surface area (Å²) >= 11 is 6.61. The SMILES string of the molecule is Cc1cc(C(=O)NNC(=S)Nc2ccccc2)cs1. The molecule has 0 fully saturated rings. The summed E-state index contributed by atoms with van der Waals surface area (Å²) in [6.07, 6.45) is 0. The topological polar surface area (TPSA) is 53.2 Å². The maximum Gasteiger partial charge on any atom is 0.270 e. The third kappa shape index (κ3) is 4.04. The molecule has 0 atom stereocenters. The van der Waals surface area contributed by atoms with Crippen molar-refractivity contribution in [3.8, 4) is 0 Å². The van der Waals surface area contributed by atoms with Gasteiger partial charge in [0.05, 0.1) is 5.56 Å². The Morgan fingerprint density at radius 1 is 1.21 bits per heavy atom. The lowest BCUT2D eigenvalue weighted by Crippen LogP contribution is -2.43. The molecule has 6 heteroatoms. The number of anilines is 1. The first-order valence-corrected chi connectivity index (χ1v) is 6.91. The van der Waals surface area contributed by atoms with Crippen molar-refractivity contribution in [2.75, 3.05) is 5.32 Å². The molecule has 0 unspecified atom stereocenters. The summed E-state index contributed by atoms with van der Waals surface area (Å²) in [5, 5.41) is 5.11. The standard InChI is InChI=1S/C13H13N3OS2/c1-9-7-10(8-19-9)12(17)15-16-13(18)14-11-5-3-2-4-6-11/h2-8H,1H3,(H,15,17)(H2,14,16,18). The highest BCUT2D eigenvalue weighted by atomic mass is 32.1. The van der Waals surface area contributed by atoms with Gasteiger partial charge in [0, 0.05) is 15.9 Å². The molecule has 2 rings (SSSR count). The van der Waals surface area contributed by atoms with E-state index in [9.17, 15) is 4.79 Å². The van der Waals surface area contributed by atoms with Gasteiger partial charge in [-0.15, -0.1) is 11.3 Å². The Morgan fingerprint density at radius 2 is 1.95 bits per heavy atom. The second kappa shape index (κ2) is 6.31. The minimum absolute atomic E-state index is 0.207. The quantitative estimate of drug-likeness (QED) is 0.588. The van der Waals surface area contributed by atoms with Crippen LogP contribution in [0.5, 0.6) is 0 Å². The Bertz CT molecular complexity index is 581. The molecule has 0 radical (unpaired) electrons. The molecule has 0 bridgehead atoms. The number of aryl methyl sites for hydroxylation is 1. The molecule has 0 spiro atoms. The molecule has 0 saturated heterocycles. The van der Waals surface area contributed by atoms with Crippen LogP contribution in [0.4, 0.5) is 5.69 Å². The number of hydrogen-bond acceptors (Lipinski definition) is 3. The molecule has 1 amide bonds. The summed E-state index contributed by atoms with van der Waals surface area (Å²) in [6, 6.07) is 11.3. The number of thiocarbonyl (C=S) groups is 1. The van der Waals surface area contributed by atoms with E-state index in [1.54, 1.807) is 5.38 Å². The summed E-state index contributed by atoms with van der Waals surface area (Å²) in [4.78, 5) is 12.9. The van der Waals surface area contributed by atoms with Gasteiger partial charge in [-0.25, -0.2) is 0 Å². The zero-order valence-electron chi connectivity index (χ0n) is 10.3. The van der Waals surface area contributed by atoms with Gasteiger partial charge in [-0.05, 0) is 37.3 Å². The van der Waals surface area contributed by atoms with Crippen LogP contribution in [0.1, 0.15) is 15.2 Å². The average Bonchev–Trinajstić information content (AvgIpc) is 2.84. The number of hydrogen-bond donors (Lipinski definition) is 3. The Labute approximate surface area is 120 Å². The Balaban J connectivity index is 1.82. The van der Waals surface area contributed by atoms with Gasteiger partial charge in [0.25, 0.3) is 5.91 Å². The smallest absolute Gasteiger partial charge is 0.270 e. The highest BCUT2D eigenvalue weighted by molar-refractivity contribution is 7.80. The molecule has 1 aromatic carbocycles. The molecule has 3 N–H and O–H groups in total. The zero-order valence-corrected chi connectivity index (χ0v) is 11.9. The second-order valence-electron chi connectivity index (χ2n) is 3.85. The minimum Gasteiger partial charge on any atom is -0.331 e. The van der Waals surface area contributed by atoms with Gasteiger partial charge in [0.15, 0.2) is 5.11 Å². The van der Waals surface area contributed by atoms with Crippen molar-refractivity contribution in [2.24, 2.45) is 0 Å². The number of benzene rings is 1. The molecule has 19 heavy (non-hydrogen) atoms. The third-order valence-electron chi connectivity index (χ3n) is 2.31. The van der Waals surface area contributed by atoms with Gasteiger partial charge in [0.1, 0.15) is 0 Å². The van der Waals surface area contributed by atoms with Crippen molar-refractivity contribution in [3.63, 3.8) is 0 Å². The molecule has 4 nitrogen and oxygen atoms in total. The van der Waals surface area contributed by atoms with Crippen LogP contribution in [0.15, 0.2) is 41.8 Å². The van der Waals surface area contributed by atoms with Crippen LogP contribution in [0.25, 0.3) is 0 Å². The molecule has 0 aliphatic carbocycles. The van der Waals surface area contributed by atoms with Crippen LogP contribution >= 0.6 is 23.6 Å². The van der Waals surface area contributed by atoms with E-state index in [2.05, 4.69) is 16.2 Å². The summed E-state index contributed by atoms with van der Waals surface area (Å²) in [5.74, 6) is -0.207. The van der Waals surface area contributed by atoms with E-state index >= 15 is 0 Å². The van der Waals surface area contributed by atoms with Crippen LogP contribution in [-0.4, -0.2) is 11.0 Å². The maximum atomic E-state index is 11.8. The molecule has 98 valence electrons. The van der Waals surface area contributed by atoms with Crippen molar-refractivity contribution >= 4 is 40.3 Å². The lowest BCUT2D eigenvalue weighted by molar-refractivity contribution is 0.0944. The number of thiophene rings is 1. The Morgan fingerprint density at radius 3 is 2.58 bits per heavy atom. The average molecular weight is 291 g/mol. The van der Waals surface area contributed by atoms with Crippen LogP contribution in [-0.2, 0) is 0 Å². The lowest BCUT2D eigenvalue weighted by atomic mass is 10.3. The highest BCUT2D eigenvalue weighted by Gasteiger charge is 2.07. The van der Waals surface area contributed by atoms with E-state index in [1.807, 2.05) is 43.3 Å². The van der Waals surface area contributed by atoms with E-state index in [0.717, 1.165) is 10.6 Å². The van der Waals surface area contributed by atoms with E-state index in [4.69, 9.17) is 12.2 Å². The number of carbonyl (C=O) groups excluding carboxylic acids is 1. The number of carbonyl (C=O) groups is 1. The largest absolute Gasteiger partial charge is 0.331 e. The predicted octanol–water partition coefficient (Wildman–Crippen LogP) is 2.69.